The molecule has 3 N–H and O–H groups in total. The standard InChI is InChI=1S/C15H18N4O.ClH/c16-11-4-5-12(9-11)18-14-7-6-13(10-17-14)19-8-2-1-3-15(19)20;/h1-3,6-8,10-12H,4-5,9,16H2,(H,17,18);1H/t11-,12-;/m0./s1. The minimum absolute atomic E-state index is 0. The van der Waals surface area contributed by atoms with Crippen LogP contribution in [0.3, 0.4) is 0 Å². The summed E-state index contributed by atoms with van der Waals surface area (Å²) in [5, 5.41) is 3.39. The highest BCUT2D eigenvalue weighted by atomic mass is 35.5. The molecular weight excluding hydrogens is 288 g/mol. The predicted octanol–water partition coefficient (Wildman–Crippen LogP) is 1.95. The Morgan fingerprint density at radius 3 is 2.71 bits per heavy atom. The fourth-order valence-electron chi connectivity index (χ4n) is 2.61. The van der Waals surface area contributed by atoms with Crippen LogP contribution >= 0.6 is 12.4 Å². The third kappa shape index (κ3) is 3.62. The van der Waals surface area contributed by atoms with Gasteiger partial charge >= 0.3 is 0 Å². The highest BCUT2D eigenvalue weighted by Gasteiger charge is 2.21. The van der Waals surface area contributed by atoms with E-state index >= 15 is 0 Å². The molecule has 0 aromatic carbocycles. The summed E-state index contributed by atoms with van der Waals surface area (Å²) in [6.45, 7) is 0. The molecule has 112 valence electrons. The van der Waals surface area contributed by atoms with E-state index in [-0.39, 0.29) is 18.0 Å². The molecule has 0 radical (unpaired) electrons. The zero-order valence-electron chi connectivity index (χ0n) is 11.6. The molecule has 0 bridgehead atoms. The number of nitrogens with one attached hydrogen (secondary N) is 1. The first-order chi connectivity index (χ1) is 9.72. The van der Waals surface area contributed by atoms with Crippen molar-refractivity contribution in [2.45, 2.75) is 31.3 Å². The van der Waals surface area contributed by atoms with Crippen LogP contribution in [-0.4, -0.2) is 21.6 Å². The number of anilines is 1. The Morgan fingerprint density at radius 1 is 1.24 bits per heavy atom. The van der Waals surface area contributed by atoms with Crippen LogP contribution in [0, 0.1) is 0 Å². The number of aromatic nitrogens is 2. The number of hydrogen-bond acceptors (Lipinski definition) is 4. The van der Waals surface area contributed by atoms with E-state index in [0.717, 1.165) is 30.8 Å². The molecule has 2 heterocycles. The second-order valence-corrected chi connectivity index (χ2v) is 5.22. The molecule has 3 rings (SSSR count). The third-order valence-electron chi connectivity index (χ3n) is 3.67. The van der Waals surface area contributed by atoms with Gasteiger partial charge in [0.2, 0.25) is 0 Å². The highest BCUT2D eigenvalue weighted by molar-refractivity contribution is 5.85. The molecule has 2 aromatic heterocycles. The van der Waals surface area contributed by atoms with Crippen LogP contribution in [0.2, 0.25) is 0 Å². The summed E-state index contributed by atoms with van der Waals surface area (Å²) in [6, 6.07) is 9.59. The zero-order chi connectivity index (χ0) is 13.9. The first kappa shape index (κ1) is 15.5. The van der Waals surface area contributed by atoms with Gasteiger partial charge in [0.1, 0.15) is 5.82 Å². The average molecular weight is 307 g/mol. The second-order valence-electron chi connectivity index (χ2n) is 5.22. The van der Waals surface area contributed by atoms with Crippen molar-refractivity contribution in [1.29, 1.82) is 0 Å². The summed E-state index contributed by atoms with van der Waals surface area (Å²) in [5.41, 5.74) is 6.61. The lowest BCUT2D eigenvalue weighted by Crippen LogP contribution is -2.21. The summed E-state index contributed by atoms with van der Waals surface area (Å²) < 4.78 is 1.57. The normalized spacial score (nSPS) is 20.8. The number of pyridine rings is 2. The van der Waals surface area contributed by atoms with E-state index in [4.69, 9.17) is 5.73 Å². The number of nitrogens with two attached hydrogens (primary N) is 1. The van der Waals surface area contributed by atoms with Crippen LogP contribution in [0.15, 0.2) is 47.5 Å². The second kappa shape index (κ2) is 6.74. The zero-order valence-corrected chi connectivity index (χ0v) is 12.4. The van der Waals surface area contributed by atoms with Crippen LogP contribution in [0.25, 0.3) is 5.69 Å². The van der Waals surface area contributed by atoms with Crippen molar-refractivity contribution in [3.05, 3.63) is 53.1 Å². The van der Waals surface area contributed by atoms with Crippen molar-refractivity contribution in [2.24, 2.45) is 5.73 Å². The lowest BCUT2D eigenvalue weighted by molar-refractivity contribution is 0.686. The summed E-state index contributed by atoms with van der Waals surface area (Å²) in [7, 11) is 0. The molecule has 6 heteroatoms. The van der Waals surface area contributed by atoms with Gasteiger partial charge in [-0.1, -0.05) is 6.07 Å². The van der Waals surface area contributed by atoms with Gasteiger partial charge < -0.3 is 11.1 Å². The number of halogens is 1. The fraction of sp³-hybridized carbons (Fsp3) is 0.333. The quantitative estimate of drug-likeness (QED) is 0.909. The van der Waals surface area contributed by atoms with Crippen LogP contribution in [0.5, 0.6) is 0 Å². The lowest BCUT2D eigenvalue weighted by atomic mass is 10.2. The molecule has 0 saturated heterocycles. The fourth-order valence-corrected chi connectivity index (χ4v) is 2.61. The molecule has 1 aliphatic carbocycles. The van der Waals surface area contributed by atoms with Gasteiger partial charge in [-0.05, 0) is 37.5 Å². The maximum absolute atomic E-state index is 11.7. The molecule has 21 heavy (non-hydrogen) atoms. The van der Waals surface area contributed by atoms with Crippen molar-refractivity contribution in [3.63, 3.8) is 0 Å². The predicted molar refractivity (Wildman–Crippen MR) is 86.3 cm³/mol. The third-order valence-corrected chi connectivity index (χ3v) is 3.67. The largest absolute Gasteiger partial charge is 0.367 e. The van der Waals surface area contributed by atoms with Gasteiger partial charge in [0.15, 0.2) is 0 Å². The molecule has 5 nitrogen and oxygen atoms in total. The smallest absolute Gasteiger partial charge is 0.255 e. The van der Waals surface area contributed by atoms with E-state index in [0.29, 0.717) is 12.1 Å². The van der Waals surface area contributed by atoms with Gasteiger partial charge in [-0.25, -0.2) is 4.98 Å². The molecule has 0 amide bonds. The maximum atomic E-state index is 11.7. The summed E-state index contributed by atoms with van der Waals surface area (Å²) in [6.07, 6.45) is 6.58. The van der Waals surface area contributed by atoms with Gasteiger partial charge in [-0.3, -0.25) is 9.36 Å². The Labute approximate surface area is 129 Å². The molecule has 0 unspecified atom stereocenters. The molecule has 2 aromatic rings. The SMILES string of the molecule is Cl.N[C@H]1CC[C@H](Nc2ccc(-n3ccccc3=O)cn2)C1. The number of hydrogen-bond donors (Lipinski definition) is 2. The maximum Gasteiger partial charge on any atom is 0.255 e. The van der Waals surface area contributed by atoms with Crippen molar-refractivity contribution < 1.29 is 0 Å². The van der Waals surface area contributed by atoms with Gasteiger partial charge in [-0.15, -0.1) is 12.4 Å². The minimum atomic E-state index is -0.0585. The molecule has 1 aliphatic rings. The summed E-state index contributed by atoms with van der Waals surface area (Å²) >= 11 is 0. The van der Waals surface area contributed by atoms with E-state index in [1.54, 1.807) is 23.0 Å². The van der Waals surface area contributed by atoms with Crippen LogP contribution in [0.4, 0.5) is 5.82 Å². The van der Waals surface area contributed by atoms with Crippen molar-refractivity contribution in [1.82, 2.24) is 9.55 Å². The van der Waals surface area contributed by atoms with Gasteiger partial charge in [0, 0.05) is 24.3 Å². The van der Waals surface area contributed by atoms with Gasteiger partial charge in [-0.2, -0.15) is 0 Å². The Kier molecular flexibility index (Phi) is 4.98. The van der Waals surface area contributed by atoms with Gasteiger partial charge in [0.25, 0.3) is 5.56 Å². The molecule has 0 spiro atoms. The average Bonchev–Trinajstić information content (AvgIpc) is 2.86. The topological polar surface area (TPSA) is 72.9 Å². The molecule has 2 atom stereocenters. The van der Waals surface area contributed by atoms with Crippen molar-refractivity contribution >= 4 is 18.2 Å². The Balaban J connectivity index is 0.00000161. The van der Waals surface area contributed by atoms with E-state index in [1.807, 2.05) is 18.2 Å². The monoisotopic (exact) mass is 306 g/mol. The van der Waals surface area contributed by atoms with Gasteiger partial charge in [0.05, 0.1) is 11.9 Å². The minimum Gasteiger partial charge on any atom is -0.367 e. The first-order valence-electron chi connectivity index (χ1n) is 6.88. The number of nitrogens with zero attached hydrogens (tertiary/aromatic N) is 2. The van der Waals surface area contributed by atoms with Crippen LogP contribution in [0.1, 0.15) is 19.3 Å². The van der Waals surface area contributed by atoms with E-state index in [9.17, 15) is 4.79 Å². The van der Waals surface area contributed by atoms with Crippen molar-refractivity contribution in [2.75, 3.05) is 5.32 Å². The van der Waals surface area contributed by atoms with E-state index in [1.165, 1.54) is 6.07 Å². The van der Waals surface area contributed by atoms with Crippen LogP contribution < -0.4 is 16.6 Å². The molecule has 1 saturated carbocycles. The highest BCUT2D eigenvalue weighted by Crippen LogP contribution is 2.21. The Hall–Kier alpha value is -1.85. The van der Waals surface area contributed by atoms with Crippen LogP contribution in [-0.2, 0) is 0 Å². The molecule has 1 fully saturated rings. The Bertz CT molecular complexity index is 641. The molecular formula is C15H19ClN4O. The summed E-state index contributed by atoms with van der Waals surface area (Å²) in [4.78, 5) is 16.1. The summed E-state index contributed by atoms with van der Waals surface area (Å²) in [5.74, 6) is 0.830. The van der Waals surface area contributed by atoms with E-state index < -0.39 is 0 Å². The first-order valence-corrected chi connectivity index (χ1v) is 6.88. The van der Waals surface area contributed by atoms with E-state index in [2.05, 4.69) is 10.3 Å². The van der Waals surface area contributed by atoms with Crippen molar-refractivity contribution in [3.8, 4) is 5.69 Å². The molecule has 0 aliphatic heterocycles. The Morgan fingerprint density at radius 2 is 2.10 bits per heavy atom. The lowest BCUT2D eigenvalue weighted by Gasteiger charge is -2.13. The number of rotatable bonds is 3.